The molecule has 2 rings (SSSR count). The summed E-state index contributed by atoms with van der Waals surface area (Å²) in [5, 5.41) is 2.08. The Morgan fingerprint density at radius 2 is 2.47 bits per heavy atom. The zero-order valence-electron chi connectivity index (χ0n) is 9.96. The average Bonchev–Trinajstić information content (AvgIpc) is 2.80. The van der Waals surface area contributed by atoms with Gasteiger partial charge < -0.3 is 15.4 Å². The second-order valence-corrected chi connectivity index (χ2v) is 5.55. The van der Waals surface area contributed by atoms with Crippen LogP contribution in [-0.2, 0) is 11.2 Å². The van der Waals surface area contributed by atoms with Gasteiger partial charge in [-0.1, -0.05) is 6.07 Å². The van der Waals surface area contributed by atoms with E-state index in [1.54, 1.807) is 16.2 Å². The van der Waals surface area contributed by atoms with Gasteiger partial charge in [0.25, 0.3) is 0 Å². The van der Waals surface area contributed by atoms with Gasteiger partial charge in [0.1, 0.15) is 0 Å². The van der Waals surface area contributed by atoms with E-state index in [-0.39, 0.29) is 12.1 Å². The summed E-state index contributed by atoms with van der Waals surface area (Å²) < 4.78 is 4.76. The van der Waals surface area contributed by atoms with E-state index in [1.807, 2.05) is 0 Å². The molecule has 2 heterocycles. The number of rotatable bonds is 2. The van der Waals surface area contributed by atoms with Gasteiger partial charge in [0, 0.05) is 24.0 Å². The number of hydrogen-bond donors (Lipinski definition) is 1. The van der Waals surface area contributed by atoms with Gasteiger partial charge in [0.2, 0.25) is 0 Å². The highest BCUT2D eigenvalue weighted by Crippen LogP contribution is 2.22. The highest BCUT2D eigenvalue weighted by molar-refractivity contribution is 7.09. The van der Waals surface area contributed by atoms with E-state index >= 15 is 0 Å². The van der Waals surface area contributed by atoms with E-state index in [0.29, 0.717) is 12.5 Å². The average molecular weight is 254 g/mol. The molecule has 2 atom stereocenters. The number of methoxy groups -OCH3 is 1. The molecule has 0 aromatic carbocycles. The molecular formula is C12H18N2O2S. The third kappa shape index (κ3) is 3.20. The van der Waals surface area contributed by atoms with Gasteiger partial charge in [-0.05, 0) is 30.2 Å². The summed E-state index contributed by atoms with van der Waals surface area (Å²) >= 11 is 1.76. The third-order valence-corrected chi connectivity index (χ3v) is 3.97. The van der Waals surface area contributed by atoms with E-state index in [2.05, 4.69) is 17.5 Å². The predicted molar refractivity (Wildman–Crippen MR) is 68.1 cm³/mol. The Kier molecular flexibility index (Phi) is 4.02. The fourth-order valence-electron chi connectivity index (χ4n) is 2.39. The van der Waals surface area contributed by atoms with Crippen LogP contribution in [0.2, 0.25) is 0 Å². The molecule has 1 saturated heterocycles. The van der Waals surface area contributed by atoms with Crippen LogP contribution in [0.5, 0.6) is 0 Å². The number of hydrogen-bond acceptors (Lipinski definition) is 4. The summed E-state index contributed by atoms with van der Waals surface area (Å²) in [5.41, 5.74) is 5.99. The van der Waals surface area contributed by atoms with E-state index in [4.69, 9.17) is 10.5 Å². The topological polar surface area (TPSA) is 55.6 Å². The van der Waals surface area contributed by atoms with Crippen molar-refractivity contribution in [2.24, 2.45) is 11.7 Å². The summed E-state index contributed by atoms with van der Waals surface area (Å²) in [4.78, 5) is 14.6. The molecule has 1 aromatic rings. The monoisotopic (exact) mass is 254 g/mol. The summed E-state index contributed by atoms with van der Waals surface area (Å²) in [6.45, 7) is 1.35. The Morgan fingerprint density at radius 1 is 1.65 bits per heavy atom. The van der Waals surface area contributed by atoms with Crippen LogP contribution in [0.25, 0.3) is 0 Å². The van der Waals surface area contributed by atoms with Crippen molar-refractivity contribution < 1.29 is 9.53 Å². The maximum absolute atomic E-state index is 11.5. The van der Waals surface area contributed by atoms with Crippen LogP contribution in [0.4, 0.5) is 4.79 Å². The van der Waals surface area contributed by atoms with Crippen molar-refractivity contribution in [2.45, 2.75) is 18.9 Å². The van der Waals surface area contributed by atoms with Gasteiger partial charge in [-0.15, -0.1) is 11.3 Å². The highest BCUT2D eigenvalue weighted by atomic mass is 32.1. The Morgan fingerprint density at radius 3 is 3.12 bits per heavy atom. The Hall–Kier alpha value is -1.07. The fourth-order valence-corrected chi connectivity index (χ4v) is 3.21. The summed E-state index contributed by atoms with van der Waals surface area (Å²) in [6, 6.07) is 4.25. The normalized spacial score (nSPS) is 24.7. The number of piperidine rings is 1. The van der Waals surface area contributed by atoms with Crippen molar-refractivity contribution >= 4 is 17.4 Å². The van der Waals surface area contributed by atoms with E-state index < -0.39 is 0 Å². The molecule has 5 heteroatoms. The first-order valence-electron chi connectivity index (χ1n) is 5.80. The van der Waals surface area contributed by atoms with Gasteiger partial charge >= 0.3 is 6.09 Å². The number of nitrogens with zero attached hydrogens (tertiary/aromatic N) is 1. The van der Waals surface area contributed by atoms with Crippen LogP contribution in [0.1, 0.15) is 11.3 Å². The molecule has 1 aromatic heterocycles. The molecule has 17 heavy (non-hydrogen) atoms. The van der Waals surface area contributed by atoms with Gasteiger partial charge in [-0.3, -0.25) is 0 Å². The Labute approximate surface area is 105 Å². The number of amides is 1. The lowest BCUT2D eigenvalue weighted by Gasteiger charge is -2.35. The van der Waals surface area contributed by atoms with Crippen molar-refractivity contribution in [1.29, 1.82) is 0 Å². The van der Waals surface area contributed by atoms with Gasteiger partial charge in [0.05, 0.1) is 7.11 Å². The van der Waals surface area contributed by atoms with Crippen molar-refractivity contribution in [2.75, 3.05) is 20.2 Å². The molecule has 0 bridgehead atoms. The van der Waals surface area contributed by atoms with Crippen LogP contribution in [0, 0.1) is 5.92 Å². The molecule has 4 nitrogen and oxygen atoms in total. The molecule has 1 aliphatic heterocycles. The van der Waals surface area contributed by atoms with Gasteiger partial charge in [-0.25, -0.2) is 4.79 Å². The molecule has 1 aliphatic rings. The molecule has 0 aliphatic carbocycles. The first kappa shape index (κ1) is 12.4. The van der Waals surface area contributed by atoms with Crippen molar-refractivity contribution in [3.05, 3.63) is 22.4 Å². The summed E-state index contributed by atoms with van der Waals surface area (Å²) in [5.74, 6) is 0.441. The highest BCUT2D eigenvalue weighted by Gasteiger charge is 2.28. The van der Waals surface area contributed by atoms with Crippen LogP contribution in [-0.4, -0.2) is 37.2 Å². The second-order valence-electron chi connectivity index (χ2n) is 4.52. The molecule has 1 fully saturated rings. The number of thiophene rings is 1. The molecule has 0 spiro atoms. The maximum atomic E-state index is 11.5. The van der Waals surface area contributed by atoms with Crippen molar-refractivity contribution in [3.63, 3.8) is 0 Å². The minimum Gasteiger partial charge on any atom is -0.453 e. The SMILES string of the molecule is COC(=O)N1CC(N)CC(Cc2cccs2)C1. The molecule has 2 N–H and O–H groups in total. The molecule has 1 amide bonds. The number of likely N-dealkylation sites (tertiary alicyclic amines) is 1. The number of nitrogens with two attached hydrogens (primary N) is 1. The van der Waals surface area contributed by atoms with E-state index in [9.17, 15) is 4.79 Å². The zero-order chi connectivity index (χ0) is 12.3. The lowest BCUT2D eigenvalue weighted by Crippen LogP contribution is -2.49. The lowest BCUT2D eigenvalue weighted by molar-refractivity contribution is 0.0963. The number of carbonyl (C=O) groups is 1. The van der Waals surface area contributed by atoms with Gasteiger partial charge in [0.15, 0.2) is 0 Å². The minimum absolute atomic E-state index is 0.0628. The lowest BCUT2D eigenvalue weighted by atomic mass is 9.91. The minimum atomic E-state index is -0.267. The largest absolute Gasteiger partial charge is 0.453 e. The molecule has 2 unspecified atom stereocenters. The standard InChI is InChI=1S/C12H18N2O2S/c1-16-12(15)14-7-9(5-10(13)8-14)6-11-3-2-4-17-11/h2-4,9-10H,5-8,13H2,1H3. The third-order valence-electron chi connectivity index (χ3n) is 3.07. The van der Waals surface area contributed by atoms with Gasteiger partial charge in [-0.2, -0.15) is 0 Å². The van der Waals surface area contributed by atoms with Crippen LogP contribution in [0.3, 0.4) is 0 Å². The van der Waals surface area contributed by atoms with Crippen LogP contribution >= 0.6 is 11.3 Å². The van der Waals surface area contributed by atoms with Crippen molar-refractivity contribution in [3.8, 4) is 0 Å². The van der Waals surface area contributed by atoms with E-state index in [0.717, 1.165) is 19.4 Å². The predicted octanol–water partition coefficient (Wildman–Crippen LogP) is 1.71. The summed E-state index contributed by atoms with van der Waals surface area (Å²) in [7, 11) is 1.41. The number of ether oxygens (including phenoxy) is 1. The smallest absolute Gasteiger partial charge is 0.409 e. The number of carbonyl (C=O) groups excluding carboxylic acids is 1. The quantitative estimate of drug-likeness (QED) is 0.874. The molecule has 0 saturated carbocycles. The summed E-state index contributed by atoms with van der Waals surface area (Å²) in [6.07, 6.45) is 1.71. The molecular weight excluding hydrogens is 236 g/mol. The Balaban J connectivity index is 1.96. The first-order chi connectivity index (χ1) is 8.19. The van der Waals surface area contributed by atoms with Crippen LogP contribution < -0.4 is 5.73 Å². The Bertz CT molecular complexity index is 367. The molecule has 94 valence electrons. The first-order valence-corrected chi connectivity index (χ1v) is 6.68. The van der Waals surface area contributed by atoms with E-state index in [1.165, 1.54) is 12.0 Å². The zero-order valence-corrected chi connectivity index (χ0v) is 10.8. The van der Waals surface area contributed by atoms with Crippen molar-refractivity contribution in [1.82, 2.24) is 4.90 Å². The molecule has 0 radical (unpaired) electrons. The fraction of sp³-hybridized carbons (Fsp3) is 0.583. The second kappa shape index (κ2) is 5.51. The maximum Gasteiger partial charge on any atom is 0.409 e. The van der Waals surface area contributed by atoms with Crippen LogP contribution in [0.15, 0.2) is 17.5 Å².